The maximum Gasteiger partial charge on any atom is 0.573 e. The zero-order chi connectivity index (χ0) is 22.3. The van der Waals surface area contributed by atoms with E-state index in [1.165, 1.54) is 12.1 Å². The first-order chi connectivity index (χ1) is 15.4. The normalized spacial score (nSPS) is 16.3. The van der Waals surface area contributed by atoms with E-state index in [0.717, 1.165) is 28.8 Å². The molecule has 7 nitrogen and oxygen atoms in total. The third-order valence-corrected chi connectivity index (χ3v) is 4.97. The van der Waals surface area contributed by atoms with Crippen LogP contribution in [0.4, 0.5) is 18.9 Å². The second kappa shape index (κ2) is 7.63. The molecule has 1 N–H and O–H groups in total. The number of amides is 1. The maximum absolute atomic E-state index is 12.7. The van der Waals surface area contributed by atoms with E-state index in [1.54, 1.807) is 12.3 Å². The van der Waals surface area contributed by atoms with Crippen LogP contribution in [-0.4, -0.2) is 30.2 Å². The summed E-state index contributed by atoms with van der Waals surface area (Å²) in [6.45, 7) is 0.161. The number of anilines is 1. The summed E-state index contributed by atoms with van der Waals surface area (Å²) in [5.41, 5.74) is 2.60. The summed E-state index contributed by atoms with van der Waals surface area (Å²) in [4.78, 5) is 16.9. The van der Waals surface area contributed by atoms with Crippen LogP contribution < -0.4 is 24.3 Å². The van der Waals surface area contributed by atoms with E-state index in [9.17, 15) is 18.0 Å². The fraction of sp³-hybridized carbons (Fsp3) is 0.182. The number of aromatic nitrogens is 1. The number of benzene rings is 2. The molecule has 0 aliphatic carbocycles. The minimum Gasteiger partial charge on any atom is -0.464 e. The molecule has 0 fully saturated rings. The van der Waals surface area contributed by atoms with Gasteiger partial charge in [0.15, 0.2) is 17.6 Å². The molecule has 0 bridgehead atoms. The molecule has 1 aromatic heterocycles. The molecule has 10 heteroatoms. The van der Waals surface area contributed by atoms with Crippen molar-refractivity contribution in [2.45, 2.75) is 18.9 Å². The second-order valence-electron chi connectivity index (χ2n) is 7.09. The van der Waals surface area contributed by atoms with Crippen LogP contribution in [-0.2, 0) is 11.2 Å². The van der Waals surface area contributed by atoms with E-state index >= 15 is 0 Å². The van der Waals surface area contributed by atoms with Crippen LogP contribution >= 0.6 is 0 Å². The Hall–Kier alpha value is -3.95. The molecule has 2 aliphatic rings. The highest BCUT2D eigenvalue weighted by molar-refractivity contribution is 5.95. The zero-order valence-corrected chi connectivity index (χ0v) is 16.3. The molecule has 1 atom stereocenters. The van der Waals surface area contributed by atoms with Crippen molar-refractivity contribution in [2.75, 3.05) is 12.1 Å². The molecule has 0 spiro atoms. The fourth-order valence-corrected chi connectivity index (χ4v) is 3.61. The average Bonchev–Trinajstić information content (AvgIpc) is 3.39. The number of carbonyl (C=O) groups excluding carboxylic acids is 1. The first-order valence-corrected chi connectivity index (χ1v) is 9.57. The summed E-state index contributed by atoms with van der Waals surface area (Å²) >= 11 is 0. The highest BCUT2D eigenvalue weighted by Crippen LogP contribution is 2.40. The Balaban J connectivity index is 1.33. The van der Waals surface area contributed by atoms with Gasteiger partial charge in [0.05, 0.1) is 0 Å². The number of pyridine rings is 1. The maximum atomic E-state index is 12.7. The van der Waals surface area contributed by atoms with Crippen LogP contribution in [0.3, 0.4) is 0 Å². The Morgan fingerprint density at radius 3 is 2.78 bits per heavy atom. The van der Waals surface area contributed by atoms with Gasteiger partial charge in [0.2, 0.25) is 12.7 Å². The van der Waals surface area contributed by atoms with Crippen molar-refractivity contribution in [3.05, 3.63) is 60.3 Å². The van der Waals surface area contributed by atoms with Crippen LogP contribution in [0.1, 0.15) is 5.56 Å². The van der Waals surface area contributed by atoms with Gasteiger partial charge in [-0.3, -0.25) is 4.79 Å². The van der Waals surface area contributed by atoms with Crippen LogP contribution in [0, 0.1) is 0 Å². The molecule has 3 aromatic rings. The summed E-state index contributed by atoms with van der Waals surface area (Å²) in [6.07, 6.45) is -3.88. The number of hydrogen-bond acceptors (Lipinski definition) is 6. The highest BCUT2D eigenvalue weighted by atomic mass is 19.4. The molecular weight excluding hydrogens is 429 g/mol. The van der Waals surface area contributed by atoms with Crippen molar-refractivity contribution < 1.29 is 36.9 Å². The first-order valence-electron chi connectivity index (χ1n) is 9.57. The molecule has 32 heavy (non-hydrogen) atoms. The van der Waals surface area contributed by atoms with E-state index in [4.69, 9.17) is 14.2 Å². The fourth-order valence-electron chi connectivity index (χ4n) is 3.61. The van der Waals surface area contributed by atoms with E-state index in [2.05, 4.69) is 15.0 Å². The minimum absolute atomic E-state index is 0.153. The number of hydrogen-bond donors (Lipinski definition) is 1. The van der Waals surface area contributed by atoms with Crippen molar-refractivity contribution in [2.24, 2.45) is 0 Å². The van der Waals surface area contributed by atoms with Gasteiger partial charge in [0.25, 0.3) is 5.91 Å². The molecule has 2 aliphatic heterocycles. The third-order valence-electron chi connectivity index (χ3n) is 4.97. The molecule has 0 radical (unpaired) electrons. The Morgan fingerprint density at radius 1 is 1.09 bits per heavy atom. The Bertz CT molecular complexity index is 1200. The number of nitrogens with one attached hydrogen (secondary N) is 1. The van der Waals surface area contributed by atoms with Crippen LogP contribution in [0.2, 0.25) is 0 Å². The van der Waals surface area contributed by atoms with Gasteiger partial charge in [-0.25, -0.2) is 4.98 Å². The van der Waals surface area contributed by atoms with Crippen molar-refractivity contribution in [3.63, 3.8) is 0 Å². The SMILES string of the molecule is O=C(Nc1cccc(OC(F)(F)F)c1)C1Cc2c(-c3ccc4c(c3)OCO4)ccnc2O1. The molecule has 0 saturated heterocycles. The summed E-state index contributed by atoms with van der Waals surface area (Å²) in [5.74, 6) is 0.669. The van der Waals surface area contributed by atoms with Crippen molar-refractivity contribution in [1.82, 2.24) is 4.98 Å². The predicted molar refractivity (Wildman–Crippen MR) is 106 cm³/mol. The second-order valence-corrected chi connectivity index (χ2v) is 7.09. The molecule has 1 amide bonds. The highest BCUT2D eigenvalue weighted by Gasteiger charge is 2.33. The van der Waals surface area contributed by atoms with Crippen molar-refractivity contribution in [3.8, 4) is 34.3 Å². The lowest BCUT2D eigenvalue weighted by molar-refractivity contribution is -0.274. The smallest absolute Gasteiger partial charge is 0.464 e. The Labute approximate surface area is 179 Å². The van der Waals surface area contributed by atoms with Crippen LogP contribution in [0.25, 0.3) is 11.1 Å². The monoisotopic (exact) mass is 444 g/mol. The van der Waals surface area contributed by atoms with E-state index < -0.39 is 24.1 Å². The number of fused-ring (bicyclic) bond motifs is 2. The zero-order valence-electron chi connectivity index (χ0n) is 16.3. The molecule has 3 heterocycles. The number of carbonyl (C=O) groups is 1. The lowest BCUT2D eigenvalue weighted by atomic mass is 9.98. The van der Waals surface area contributed by atoms with Gasteiger partial charge in [-0.2, -0.15) is 0 Å². The van der Waals surface area contributed by atoms with Gasteiger partial charge in [-0.05, 0) is 41.5 Å². The minimum atomic E-state index is -4.82. The summed E-state index contributed by atoms with van der Waals surface area (Å²) in [7, 11) is 0. The molecule has 2 aromatic carbocycles. The number of rotatable bonds is 4. The topological polar surface area (TPSA) is 78.9 Å². The van der Waals surface area contributed by atoms with Gasteiger partial charge in [-0.15, -0.1) is 13.2 Å². The molecule has 164 valence electrons. The van der Waals surface area contributed by atoms with Gasteiger partial charge < -0.3 is 24.3 Å². The third kappa shape index (κ3) is 3.98. The number of alkyl halides is 3. The lowest BCUT2D eigenvalue weighted by Gasteiger charge is -2.13. The van der Waals surface area contributed by atoms with Crippen molar-refractivity contribution >= 4 is 11.6 Å². The van der Waals surface area contributed by atoms with Gasteiger partial charge in [-0.1, -0.05) is 12.1 Å². The summed E-state index contributed by atoms with van der Waals surface area (Å²) in [5, 5.41) is 2.56. The average molecular weight is 444 g/mol. The van der Waals surface area contributed by atoms with E-state index in [1.807, 2.05) is 18.2 Å². The van der Waals surface area contributed by atoms with Gasteiger partial charge in [0.1, 0.15) is 5.75 Å². The molecule has 0 saturated carbocycles. The van der Waals surface area contributed by atoms with Crippen LogP contribution in [0.5, 0.6) is 23.1 Å². The number of ether oxygens (including phenoxy) is 4. The molecular formula is C22H15F3N2O5. The standard InChI is InChI=1S/C22H15F3N2O5/c23-22(24,25)32-14-3-1-2-13(9-14)27-20(28)19-10-16-15(6-7-26-21(16)31-19)12-4-5-17-18(8-12)30-11-29-17/h1-9,19H,10-11H2,(H,27,28). The number of nitrogens with zero attached hydrogens (tertiary/aromatic N) is 1. The quantitative estimate of drug-likeness (QED) is 0.646. The van der Waals surface area contributed by atoms with Gasteiger partial charge >= 0.3 is 6.36 Å². The summed E-state index contributed by atoms with van der Waals surface area (Å²) < 4.78 is 57.7. The summed E-state index contributed by atoms with van der Waals surface area (Å²) in [6, 6.07) is 12.4. The first kappa shape index (κ1) is 20.0. The number of halogens is 3. The van der Waals surface area contributed by atoms with Crippen LogP contribution in [0.15, 0.2) is 54.7 Å². The van der Waals surface area contributed by atoms with E-state index in [-0.39, 0.29) is 18.9 Å². The van der Waals surface area contributed by atoms with E-state index in [0.29, 0.717) is 17.4 Å². The Morgan fingerprint density at radius 2 is 1.94 bits per heavy atom. The van der Waals surface area contributed by atoms with Gasteiger partial charge in [0, 0.05) is 29.9 Å². The lowest BCUT2D eigenvalue weighted by Crippen LogP contribution is -2.31. The predicted octanol–water partition coefficient (Wildman–Crippen LogP) is 4.32. The molecule has 1 unspecified atom stereocenters. The van der Waals surface area contributed by atoms with Crippen molar-refractivity contribution in [1.29, 1.82) is 0 Å². The largest absolute Gasteiger partial charge is 0.573 e. The molecule has 5 rings (SSSR count). The Kier molecular flexibility index (Phi) is 4.76.